The van der Waals surface area contributed by atoms with Crippen LogP contribution in [0.1, 0.15) is 26.3 Å². The lowest BCUT2D eigenvalue weighted by Gasteiger charge is -2.30. The van der Waals surface area contributed by atoms with Crippen LogP contribution in [0.2, 0.25) is 0 Å². The van der Waals surface area contributed by atoms with Gasteiger partial charge in [0.1, 0.15) is 24.9 Å². The largest absolute Gasteiger partial charge is 0.445 e. The fraction of sp³-hybridized carbons (Fsp3) is 0.632. The van der Waals surface area contributed by atoms with Gasteiger partial charge in [-0.05, 0) is 26.3 Å². The molecule has 0 spiro atoms. The molecule has 4 atom stereocenters. The molecule has 8 heteroatoms. The number of aliphatic hydroxyl groups is 1. The highest BCUT2D eigenvalue weighted by atomic mass is 16.8. The maximum atomic E-state index is 12.1. The summed E-state index contributed by atoms with van der Waals surface area (Å²) in [5.41, 5.74) is 0.887. The van der Waals surface area contributed by atoms with Crippen LogP contribution in [0.4, 0.5) is 4.79 Å². The van der Waals surface area contributed by atoms with Crippen molar-refractivity contribution in [3.8, 4) is 0 Å². The van der Waals surface area contributed by atoms with Gasteiger partial charge in [0.05, 0.1) is 6.04 Å². The van der Waals surface area contributed by atoms with E-state index in [4.69, 9.17) is 23.7 Å². The average molecular weight is 383 g/mol. The topological polar surface area (TPSA) is 95.5 Å². The second-order valence-electron chi connectivity index (χ2n) is 6.89. The zero-order chi connectivity index (χ0) is 20.0. The molecule has 152 valence electrons. The summed E-state index contributed by atoms with van der Waals surface area (Å²) in [5.74, 6) is -0.924. The van der Waals surface area contributed by atoms with E-state index >= 15 is 0 Å². The molecular formula is C19H29NO7. The lowest BCUT2D eigenvalue weighted by atomic mass is 10.0. The van der Waals surface area contributed by atoms with E-state index < -0.39 is 42.5 Å². The molecule has 2 N–H and O–H groups in total. The van der Waals surface area contributed by atoms with Gasteiger partial charge in [0.2, 0.25) is 0 Å². The molecule has 0 radical (unpaired) electrons. The molecule has 0 aromatic heterocycles. The summed E-state index contributed by atoms with van der Waals surface area (Å²) in [6, 6.07) is 8.90. The molecule has 0 bridgehead atoms. The van der Waals surface area contributed by atoms with Crippen LogP contribution in [0.3, 0.4) is 0 Å². The van der Waals surface area contributed by atoms with Crippen LogP contribution in [-0.4, -0.2) is 61.9 Å². The van der Waals surface area contributed by atoms with Crippen molar-refractivity contribution in [2.24, 2.45) is 0 Å². The number of rotatable bonds is 8. The number of alkyl carbamates (subject to hydrolysis) is 1. The van der Waals surface area contributed by atoms with Gasteiger partial charge in [-0.3, -0.25) is 0 Å². The van der Waals surface area contributed by atoms with Crippen LogP contribution in [0.15, 0.2) is 30.3 Å². The Morgan fingerprint density at radius 3 is 2.37 bits per heavy atom. The van der Waals surface area contributed by atoms with Crippen molar-refractivity contribution in [1.82, 2.24) is 5.32 Å². The highest BCUT2D eigenvalue weighted by Crippen LogP contribution is 2.33. The monoisotopic (exact) mass is 383 g/mol. The highest BCUT2D eigenvalue weighted by molar-refractivity contribution is 5.67. The van der Waals surface area contributed by atoms with Gasteiger partial charge in [-0.1, -0.05) is 30.3 Å². The Bertz CT molecular complexity index is 591. The number of benzene rings is 1. The molecule has 0 saturated carbocycles. The molecule has 27 heavy (non-hydrogen) atoms. The maximum Gasteiger partial charge on any atom is 0.407 e. The van der Waals surface area contributed by atoms with Gasteiger partial charge in [-0.2, -0.15) is 0 Å². The van der Waals surface area contributed by atoms with Gasteiger partial charge in [0, 0.05) is 14.2 Å². The fourth-order valence-electron chi connectivity index (χ4n) is 3.03. The number of methoxy groups -OCH3 is 2. The van der Waals surface area contributed by atoms with E-state index in [1.165, 1.54) is 14.2 Å². The van der Waals surface area contributed by atoms with E-state index in [1.54, 1.807) is 20.8 Å². The Labute approximate surface area is 159 Å². The number of aliphatic hydroxyl groups excluding tert-OH is 1. The maximum absolute atomic E-state index is 12.1. The zero-order valence-electron chi connectivity index (χ0n) is 16.4. The molecule has 1 aromatic carbocycles. The zero-order valence-corrected chi connectivity index (χ0v) is 16.4. The lowest BCUT2D eigenvalue weighted by molar-refractivity contribution is -0.209. The molecule has 1 fully saturated rings. The molecule has 1 saturated heterocycles. The summed E-state index contributed by atoms with van der Waals surface area (Å²) in [7, 11) is 2.85. The van der Waals surface area contributed by atoms with Crippen molar-refractivity contribution in [3.05, 3.63) is 35.9 Å². The van der Waals surface area contributed by atoms with Crippen molar-refractivity contribution >= 4 is 6.09 Å². The van der Waals surface area contributed by atoms with Crippen molar-refractivity contribution in [2.45, 2.75) is 63.8 Å². The molecule has 8 nitrogen and oxygen atoms in total. The molecule has 1 heterocycles. The molecule has 2 rings (SSSR count). The number of nitrogens with one attached hydrogen (secondary N) is 1. The SMILES string of the molecule is COC(OC)[C@H](O)[C@@H]1OC(C)(C)O[C@@H]1[C@@H](C)NC(=O)OCc1ccccc1. The summed E-state index contributed by atoms with van der Waals surface area (Å²) >= 11 is 0. The minimum atomic E-state index is -1.10. The molecule has 1 amide bonds. The van der Waals surface area contributed by atoms with E-state index in [2.05, 4.69) is 5.32 Å². The number of hydrogen-bond acceptors (Lipinski definition) is 7. The first-order valence-corrected chi connectivity index (χ1v) is 8.84. The summed E-state index contributed by atoms with van der Waals surface area (Å²) in [6.07, 6.45) is -3.94. The number of hydrogen-bond donors (Lipinski definition) is 2. The smallest absolute Gasteiger partial charge is 0.407 e. The van der Waals surface area contributed by atoms with E-state index in [0.717, 1.165) is 5.56 Å². The molecule has 1 aromatic rings. The number of carbonyl (C=O) groups is 1. The Morgan fingerprint density at radius 1 is 1.19 bits per heavy atom. The van der Waals surface area contributed by atoms with Gasteiger partial charge in [-0.15, -0.1) is 0 Å². The quantitative estimate of drug-likeness (QED) is 0.661. The Kier molecular flexibility index (Phi) is 7.58. The Morgan fingerprint density at radius 2 is 1.78 bits per heavy atom. The third kappa shape index (κ3) is 5.88. The van der Waals surface area contributed by atoms with E-state index in [9.17, 15) is 9.90 Å². The second-order valence-corrected chi connectivity index (χ2v) is 6.89. The normalized spacial score (nSPS) is 23.8. The number of ether oxygens (including phenoxy) is 5. The minimum absolute atomic E-state index is 0.161. The predicted octanol–water partition coefficient (Wildman–Crippen LogP) is 1.80. The van der Waals surface area contributed by atoms with Crippen LogP contribution in [0.25, 0.3) is 0 Å². The van der Waals surface area contributed by atoms with Crippen LogP contribution < -0.4 is 5.32 Å². The van der Waals surface area contributed by atoms with Crippen molar-refractivity contribution in [1.29, 1.82) is 0 Å². The summed E-state index contributed by atoms with van der Waals surface area (Å²) in [4.78, 5) is 12.1. The summed E-state index contributed by atoms with van der Waals surface area (Å²) in [6.45, 7) is 5.39. The first kappa shape index (κ1) is 21.6. The summed E-state index contributed by atoms with van der Waals surface area (Å²) < 4.78 is 27.2. The van der Waals surface area contributed by atoms with Crippen LogP contribution in [-0.2, 0) is 30.3 Å². The highest BCUT2D eigenvalue weighted by Gasteiger charge is 2.49. The van der Waals surface area contributed by atoms with Gasteiger partial charge in [0.25, 0.3) is 0 Å². The molecule has 0 unspecified atom stereocenters. The standard InChI is InChI=1S/C19H29NO7/c1-12(20-18(22)25-11-13-9-7-6-8-10-13)15-16(27-19(2,3)26-15)14(21)17(23-4)24-5/h6-10,12,14-17,21H,11H2,1-5H3,(H,20,22)/t12-,14-,15-,16+/m1/s1. The summed E-state index contributed by atoms with van der Waals surface area (Å²) in [5, 5.41) is 13.3. The molecule has 1 aliphatic rings. The Balaban J connectivity index is 1.97. The van der Waals surface area contributed by atoms with Gasteiger partial charge in [0.15, 0.2) is 12.1 Å². The first-order chi connectivity index (χ1) is 12.8. The average Bonchev–Trinajstić information content (AvgIpc) is 2.97. The van der Waals surface area contributed by atoms with Gasteiger partial charge >= 0.3 is 6.09 Å². The Hall–Kier alpha value is -1.71. The minimum Gasteiger partial charge on any atom is -0.445 e. The third-order valence-electron chi connectivity index (χ3n) is 4.29. The number of carbonyl (C=O) groups excluding carboxylic acids is 1. The molecular weight excluding hydrogens is 354 g/mol. The van der Waals surface area contributed by atoms with Crippen molar-refractivity contribution in [3.63, 3.8) is 0 Å². The second kappa shape index (κ2) is 9.48. The van der Waals surface area contributed by atoms with Gasteiger partial charge < -0.3 is 34.1 Å². The van der Waals surface area contributed by atoms with E-state index in [1.807, 2.05) is 30.3 Å². The van der Waals surface area contributed by atoms with Gasteiger partial charge in [-0.25, -0.2) is 4.79 Å². The lowest BCUT2D eigenvalue weighted by Crippen LogP contribution is -2.52. The van der Waals surface area contributed by atoms with Crippen LogP contribution in [0.5, 0.6) is 0 Å². The predicted molar refractivity (Wildman–Crippen MR) is 96.9 cm³/mol. The first-order valence-electron chi connectivity index (χ1n) is 8.84. The molecule has 0 aliphatic carbocycles. The van der Waals surface area contributed by atoms with Crippen molar-refractivity contribution < 1.29 is 33.6 Å². The van der Waals surface area contributed by atoms with Crippen LogP contribution in [0, 0.1) is 0 Å². The van der Waals surface area contributed by atoms with Crippen LogP contribution >= 0.6 is 0 Å². The third-order valence-corrected chi connectivity index (χ3v) is 4.29. The fourth-order valence-corrected chi connectivity index (χ4v) is 3.03. The van der Waals surface area contributed by atoms with E-state index in [0.29, 0.717) is 0 Å². The van der Waals surface area contributed by atoms with E-state index in [-0.39, 0.29) is 6.61 Å². The molecule has 1 aliphatic heterocycles. The van der Waals surface area contributed by atoms with Crippen molar-refractivity contribution in [2.75, 3.05) is 14.2 Å². The number of amides is 1.